The van der Waals surface area contributed by atoms with Crippen LogP contribution >= 0.6 is 11.3 Å². The number of pyridine rings is 1. The Bertz CT molecular complexity index is 753. The van der Waals surface area contributed by atoms with Gasteiger partial charge >= 0.3 is 0 Å². The van der Waals surface area contributed by atoms with Gasteiger partial charge in [0.25, 0.3) is 5.91 Å². The number of rotatable bonds is 3. The van der Waals surface area contributed by atoms with Crippen molar-refractivity contribution in [1.82, 2.24) is 20.5 Å². The van der Waals surface area contributed by atoms with Crippen molar-refractivity contribution in [3.8, 4) is 0 Å². The molecule has 2 aromatic rings. The highest BCUT2D eigenvalue weighted by molar-refractivity contribution is 7.15. The van der Waals surface area contributed by atoms with Gasteiger partial charge in [-0.15, -0.1) is 10.2 Å². The van der Waals surface area contributed by atoms with Gasteiger partial charge in [-0.1, -0.05) is 11.3 Å². The Morgan fingerprint density at radius 1 is 1.40 bits per heavy atom. The molecule has 2 aliphatic rings. The van der Waals surface area contributed by atoms with E-state index in [2.05, 4.69) is 25.4 Å². The van der Waals surface area contributed by atoms with Gasteiger partial charge in [-0.2, -0.15) is 0 Å². The first-order valence-electron chi connectivity index (χ1n) is 8.53. The molecule has 8 heteroatoms. The van der Waals surface area contributed by atoms with E-state index in [-0.39, 0.29) is 17.6 Å². The maximum Gasteiger partial charge on any atom is 0.251 e. The molecule has 2 saturated heterocycles. The third kappa shape index (κ3) is 3.50. The fraction of sp³-hybridized carbons (Fsp3) is 0.529. The highest BCUT2D eigenvalue weighted by Gasteiger charge is 2.44. The molecule has 2 aliphatic heterocycles. The Hall–Kier alpha value is -2.06. The summed E-state index contributed by atoms with van der Waals surface area (Å²) in [5, 5.41) is 13.4. The third-order valence-electron chi connectivity index (χ3n) is 4.87. The number of hydrogen-bond acceptors (Lipinski definition) is 7. The Labute approximate surface area is 150 Å². The Morgan fingerprint density at radius 2 is 2.24 bits per heavy atom. The maximum absolute atomic E-state index is 12.4. The van der Waals surface area contributed by atoms with Crippen LogP contribution in [0.25, 0.3) is 0 Å². The van der Waals surface area contributed by atoms with Crippen LogP contribution in [0.2, 0.25) is 0 Å². The van der Waals surface area contributed by atoms with Crippen molar-refractivity contribution in [2.45, 2.75) is 37.8 Å². The summed E-state index contributed by atoms with van der Waals surface area (Å²) in [5.74, 6) is -0.0425. The van der Waals surface area contributed by atoms with Crippen molar-refractivity contribution in [3.63, 3.8) is 0 Å². The fourth-order valence-electron chi connectivity index (χ4n) is 3.63. The summed E-state index contributed by atoms with van der Waals surface area (Å²) in [7, 11) is 0. The predicted molar refractivity (Wildman–Crippen MR) is 94.9 cm³/mol. The number of anilines is 1. The number of aryl methyl sites for hydroxylation is 1. The van der Waals surface area contributed by atoms with E-state index in [0.29, 0.717) is 12.2 Å². The zero-order chi connectivity index (χ0) is 17.3. The second-order valence-corrected chi connectivity index (χ2v) is 7.87. The summed E-state index contributed by atoms with van der Waals surface area (Å²) in [4.78, 5) is 18.6. The van der Waals surface area contributed by atoms with Gasteiger partial charge in [0.05, 0.1) is 5.60 Å². The maximum atomic E-state index is 12.4. The molecular formula is C17H21N5O2S. The Balaban J connectivity index is 1.40. The van der Waals surface area contributed by atoms with Gasteiger partial charge in [-0.05, 0) is 38.3 Å². The highest BCUT2D eigenvalue weighted by Crippen LogP contribution is 2.37. The van der Waals surface area contributed by atoms with E-state index in [4.69, 9.17) is 4.74 Å². The van der Waals surface area contributed by atoms with Gasteiger partial charge in [0.2, 0.25) is 5.13 Å². The molecule has 4 rings (SSSR count). The number of hydrogen-bond donors (Lipinski definition) is 1. The van der Waals surface area contributed by atoms with Crippen molar-refractivity contribution in [1.29, 1.82) is 0 Å². The molecule has 0 aromatic carbocycles. The van der Waals surface area contributed by atoms with E-state index in [1.165, 1.54) is 0 Å². The van der Waals surface area contributed by atoms with Gasteiger partial charge in [0, 0.05) is 43.7 Å². The SMILES string of the molecule is Cc1nnc(N2CC[C@@]3(C[C@H](NC(=O)c4ccncc4)CCO3)C2)s1. The zero-order valence-electron chi connectivity index (χ0n) is 14.1. The topological polar surface area (TPSA) is 80.2 Å². The van der Waals surface area contributed by atoms with Crippen LogP contribution < -0.4 is 10.2 Å². The molecule has 0 aliphatic carbocycles. The largest absolute Gasteiger partial charge is 0.373 e. The molecule has 2 fully saturated rings. The number of nitrogens with one attached hydrogen (secondary N) is 1. The van der Waals surface area contributed by atoms with Gasteiger partial charge in [0.15, 0.2) is 0 Å². The van der Waals surface area contributed by atoms with E-state index in [1.807, 2.05) is 6.92 Å². The van der Waals surface area contributed by atoms with Crippen molar-refractivity contribution in [2.75, 3.05) is 24.6 Å². The summed E-state index contributed by atoms with van der Waals surface area (Å²) in [5.41, 5.74) is 0.446. The van der Waals surface area contributed by atoms with E-state index >= 15 is 0 Å². The average molecular weight is 359 g/mol. The van der Waals surface area contributed by atoms with Crippen molar-refractivity contribution in [2.24, 2.45) is 0 Å². The molecule has 0 bridgehead atoms. The zero-order valence-corrected chi connectivity index (χ0v) is 15.0. The van der Waals surface area contributed by atoms with Crippen LogP contribution in [0.5, 0.6) is 0 Å². The van der Waals surface area contributed by atoms with E-state index < -0.39 is 0 Å². The molecular weight excluding hydrogens is 338 g/mol. The monoisotopic (exact) mass is 359 g/mol. The molecule has 1 amide bonds. The highest BCUT2D eigenvalue weighted by atomic mass is 32.1. The lowest BCUT2D eigenvalue weighted by Gasteiger charge is -2.38. The normalized spacial score (nSPS) is 26.1. The third-order valence-corrected chi connectivity index (χ3v) is 5.77. The summed E-state index contributed by atoms with van der Waals surface area (Å²) < 4.78 is 6.16. The summed E-state index contributed by atoms with van der Waals surface area (Å²) in [6.45, 7) is 4.36. The fourth-order valence-corrected chi connectivity index (χ4v) is 4.34. The number of aromatic nitrogens is 3. The lowest BCUT2D eigenvalue weighted by atomic mass is 9.89. The molecule has 2 atom stereocenters. The number of amides is 1. The first-order chi connectivity index (χ1) is 12.1. The molecule has 0 radical (unpaired) electrons. The van der Waals surface area contributed by atoms with E-state index in [1.54, 1.807) is 35.9 Å². The first kappa shape index (κ1) is 16.4. The van der Waals surface area contributed by atoms with Crippen LogP contribution in [-0.4, -0.2) is 52.4 Å². The van der Waals surface area contributed by atoms with Crippen LogP contribution in [0.1, 0.15) is 34.6 Å². The van der Waals surface area contributed by atoms with Gasteiger partial charge < -0.3 is 15.0 Å². The van der Waals surface area contributed by atoms with Crippen molar-refractivity contribution >= 4 is 22.4 Å². The Morgan fingerprint density at radius 3 is 3.00 bits per heavy atom. The van der Waals surface area contributed by atoms with Gasteiger partial charge in [0.1, 0.15) is 5.01 Å². The number of ether oxygens (including phenoxy) is 1. The molecule has 1 spiro atoms. The molecule has 7 nitrogen and oxygen atoms in total. The molecule has 132 valence electrons. The van der Waals surface area contributed by atoms with Crippen molar-refractivity contribution in [3.05, 3.63) is 35.1 Å². The lowest BCUT2D eigenvalue weighted by molar-refractivity contribution is -0.0720. The second kappa shape index (κ2) is 6.68. The van der Waals surface area contributed by atoms with Crippen LogP contribution in [0, 0.1) is 6.92 Å². The summed E-state index contributed by atoms with van der Waals surface area (Å²) >= 11 is 1.61. The summed E-state index contributed by atoms with van der Waals surface area (Å²) in [6, 6.07) is 3.60. The minimum Gasteiger partial charge on any atom is -0.373 e. The quantitative estimate of drug-likeness (QED) is 0.900. The first-order valence-corrected chi connectivity index (χ1v) is 9.35. The van der Waals surface area contributed by atoms with Crippen molar-refractivity contribution < 1.29 is 9.53 Å². The van der Waals surface area contributed by atoms with Crippen LogP contribution in [0.3, 0.4) is 0 Å². The minimum atomic E-state index is -0.200. The number of nitrogens with zero attached hydrogens (tertiary/aromatic N) is 4. The minimum absolute atomic E-state index is 0.0425. The lowest BCUT2D eigenvalue weighted by Crippen LogP contribution is -2.50. The van der Waals surface area contributed by atoms with Gasteiger partial charge in [-0.3, -0.25) is 9.78 Å². The van der Waals surface area contributed by atoms with Crippen LogP contribution in [0.15, 0.2) is 24.5 Å². The molecule has 0 unspecified atom stereocenters. The smallest absolute Gasteiger partial charge is 0.251 e. The summed E-state index contributed by atoms with van der Waals surface area (Å²) in [6.07, 6.45) is 5.90. The standard InChI is InChI=1S/C17H21N5O2S/c1-12-20-21-16(25-12)22-8-5-17(11-22)10-14(4-9-24-17)19-15(23)13-2-6-18-7-3-13/h2-3,6-7,14H,4-5,8-11H2,1H3,(H,19,23)/t14-,17-/m1/s1. The van der Waals surface area contributed by atoms with Crippen LogP contribution in [0.4, 0.5) is 5.13 Å². The molecule has 2 aromatic heterocycles. The number of carbonyl (C=O) groups excluding carboxylic acids is 1. The second-order valence-electron chi connectivity index (χ2n) is 6.71. The molecule has 0 saturated carbocycles. The van der Waals surface area contributed by atoms with E-state index in [0.717, 1.165) is 42.5 Å². The molecule has 25 heavy (non-hydrogen) atoms. The predicted octanol–water partition coefficient (Wildman–Crippen LogP) is 1.80. The average Bonchev–Trinajstić information content (AvgIpc) is 3.22. The van der Waals surface area contributed by atoms with Gasteiger partial charge in [-0.25, -0.2) is 0 Å². The number of carbonyl (C=O) groups is 1. The van der Waals surface area contributed by atoms with E-state index in [9.17, 15) is 4.79 Å². The Kier molecular flexibility index (Phi) is 4.39. The molecule has 4 heterocycles. The van der Waals surface area contributed by atoms with Crippen LogP contribution in [-0.2, 0) is 4.74 Å². The molecule has 1 N–H and O–H groups in total.